The molecule has 1 aliphatic heterocycles. The summed E-state index contributed by atoms with van der Waals surface area (Å²) in [7, 11) is 2.98. The molecular weight excluding hydrogens is 440 g/mol. The van der Waals surface area contributed by atoms with Crippen LogP contribution in [0, 0.1) is 0 Å². The summed E-state index contributed by atoms with van der Waals surface area (Å²) in [6.07, 6.45) is 0.617. The number of hydrogen-bond acceptors (Lipinski definition) is 8. The van der Waals surface area contributed by atoms with Crippen molar-refractivity contribution in [3.63, 3.8) is 0 Å². The maximum atomic E-state index is 12.5. The Bertz CT molecular complexity index is 1230. The topological polar surface area (TPSA) is 105 Å². The van der Waals surface area contributed by atoms with Gasteiger partial charge in [-0.3, -0.25) is 4.79 Å². The fourth-order valence-corrected chi connectivity index (χ4v) is 3.15. The lowest BCUT2D eigenvalue weighted by molar-refractivity contribution is -0.130. The van der Waals surface area contributed by atoms with E-state index in [4.69, 9.17) is 23.7 Å². The second-order valence-corrected chi connectivity index (χ2v) is 7.13. The molecule has 0 radical (unpaired) electrons. The number of nitrogens with one attached hydrogen (secondary N) is 1. The van der Waals surface area contributed by atoms with Crippen LogP contribution in [0.4, 0.5) is 0 Å². The third kappa shape index (κ3) is 5.26. The molecule has 34 heavy (non-hydrogen) atoms. The molecule has 9 nitrogen and oxygen atoms in total. The highest BCUT2D eigenvalue weighted by Gasteiger charge is 2.27. The highest BCUT2D eigenvalue weighted by molar-refractivity contribution is 5.92. The third-order valence-corrected chi connectivity index (χ3v) is 4.89. The second kappa shape index (κ2) is 10.4. The van der Waals surface area contributed by atoms with Crippen LogP contribution in [0.1, 0.15) is 15.9 Å². The van der Waals surface area contributed by atoms with Crippen molar-refractivity contribution in [3.8, 4) is 28.7 Å². The molecule has 0 saturated carbocycles. The first-order valence-electron chi connectivity index (χ1n) is 10.3. The molecule has 0 spiro atoms. The summed E-state index contributed by atoms with van der Waals surface area (Å²) >= 11 is 0. The van der Waals surface area contributed by atoms with Crippen LogP contribution in [0.25, 0.3) is 0 Å². The lowest BCUT2D eigenvalue weighted by Crippen LogP contribution is -2.42. The molecule has 9 heteroatoms. The zero-order valence-electron chi connectivity index (χ0n) is 18.5. The van der Waals surface area contributed by atoms with Crippen LogP contribution in [-0.2, 0) is 4.79 Å². The first-order chi connectivity index (χ1) is 16.6. The average molecular weight is 462 g/mol. The maximum absolute atomic E-state index is 12.5. The van der Waals surface area contributed by atoms with Gasteiger partial charge in [0.25, 0.3) is 5.91 Å². The average Bonchev–Trinajstić information content (AvgIpc) is 2.89. The molecule has 0 saturated heterocycles. The molecule has 1 heterocycles. The highest BCUT2D eigenvalue weighted by Crippen LogP contribution is 2.31. The number of carbonyl (C=O) groups excluding carboxylic acids is 2. The Morgan fingerprint density at radius 3 is 2.59 bits per heavy atom. The standard InChI is InChI=1S/C25H22N2O7/c1-30-18-7-5-6-17(13-18)25(29)34-21-11-10-16(12-22(21)31-2)14-26-27-24(28)23-15-32-19-8-3-4-9-20(19)33-23/h3-14,23H,15H2,1-2H3,(H,27,28). The van der Waals surface area contributed by atoms with Crippen LogP contribution in [0.15, 0.2) is 71.8 Å². The fourth-order valence-electron chi connectivity index (χ4n) is 3.15. The van der Waals surface area contributed by atoms with Crippen molar-refractivity contribution in [1.82, 2.24) is 5.43 Å². The molecule has 1 N–H and O–H groups in total. The fraction of sp³-hybridized carbons (Fsp3) is 0.160. The molecule has 1 amide bonds. The number of ether oxygens (including phenoxy) is 5. The minimum atomic E-state index is -0.819. The van der Waals surface area contributed by atoms with E-state index in [-0.39, 0.29) is 12.4 Å². The van der Waals surface area contributed by atoms with E-state index in [0.29, 0.717) is 34.1 Å². The van der Waals surface area contributed by atoms with Gasteiger partial charge in [0.05, 0.1) is 26.0 Å². The highest BCUT2D eigenvalue weighted by atomic mass is 16.6. The Kier molecular flexibility index (Phi) is 6.92. The number of esters is 1. The van der Waals surface area contributed by atoms with E-state index in [2.05, 4.69) is 10.5 Å². The molecule has 4 rings (SSSR count). The second-order valence-electron chi connectivity index (χ2n) is 7.13. The lowest BCUT2D eigenvalue weighted by Gasteiger charge is -2.24. The van der Waals surface area contributed by atoms with Crippen molar-refractivity contribution in [1.29, 1.82) is 0 Å². The van der Waals surface area contributed by atoms with Crippen LogP contribution in [0.2, 0.25) is 0 Å². The first-order valence-corrected chi connectivity index (χ1v) is 10.3. The number of nitrogens with zero attached hydrogens (tertiary/aromatic N) is 1. The molecule has 0 fully saturated rings. The van der Waals surface area contributed by atoms with Gasteiger partial charge in [-0.1, -0.05) is 18.2 Å². The molecule has 3 aromatic carbocycles. The number of amides is 1. The monoisotopic (exact) mass is 462 g/mol. The van der Waals surface area contributed by atoms with Gasteiger partial charge in [0.15, 0.2) is 23.0 Å². The van der Waals surface area contributed by atoms with Gasteiger partial charge in [0.1, 0.15) is 12.4 Å². The van der Waals surface area contributed by atoms with E-state index in [1.807, 2.05) is 6.07 Å². The van der Waals surface area contributed by atoms with Gasteiger partial charge < -0.3 is 23.7 Å². The quantitative estimate of drug-likeness (QED) is 0.249. The van der Waals surface area contributed by atoms with E-state index >= 15 is 0 Å². The SMILES string of the molecule is COc1cccc(C(=O)Oc2ccc(C=NNC(=O)C3COc4ccccc4O3)cc2OC)c1. The molecular formula is C25H22N2O7. The van der Waals surface area contributed by atoms with Crippen molar-refractivity contribution >= 4 is 18.1 Å². The van der Waals surface area contributed by atoms with Gasteiger partial charge in [-0.05, 0) is 54.1 Å². The number of para-hydroxylation sites is 2. The molecule has 174 valence electrons. The summed E-state index contributed by atoms with van der Waals surface area (Å²) in [6, 6.07) is 18.6. The van der Waals surface area contributed by atoms with E-state index in [1.165, 1.54) is 20.4 Å². The zero-order valence-corrected chi connectivity index (χ0v) is 18.5. The predicted octanol–water partition coefficient (Wildman–Crippen LogP) is 3.21. The van der Waals surface area contributed by atoms with Crippen LogP contribution >= 0.6 is 0 Å². The van der Waals surface area contributed by atoms with E-state index in [1.54, 1.807) is 60.7 Å². The van der Waals surface area contributed by atoms with Gasteiger partial charge in [0.2, 0.25) is 6.10 Å². The summed E-state index contributed by atoms with van der Waals surface area (Å²) < 4.78 is 27.1. The molecule has 1 atom stereocenters. The summed E-state index contributed by atoms with van der Waals surface area (Å²) in [5.41, 5.74) is 3.39. The Hall–Kier alpha value is -4.53. The largest absolute Gasteiger partial charge is 0.497 e. The number of rotatable bonds is 7. The number of benzene rings is 3. The molecule has 0 aliphatic carbocycles. The summed E-state index contributed by atoms with van der Waals surface area (Å²) in [4.78, 5) is 24.8. The molecule has 0 bridgehead atoms. The first kappa shape index (κ1) is 22.7. The summed E-state index contributed by atoms with van der Waals surface area (Å²) in [5, 5.41) is 3.97. The maximum Gasteiger partial charge on any atom is 0.343 e. The van der Waals surface area contributed by atoms with Crippen molar-refractivity contribution in [2.45, 2.75) is 6.10 Å². The van der Waals surface area contributed by atoms with Gasteiger partial charge in [-0.25, -0.2) is 10.2 Å². The van der Waals surface area contributed by atoms with E-state index in [0.717, 1.165) is 0 Å². The lowest BCUT2D eigenvalue weighted by atomic mass is 10.2. The number of carbonyl (C=O) groups is 2. The molecule has 1 aliphatic rings. The van der Waals surface area contributed by atoms with Crippen molar-refractivity contribution in [3.05, 3.63) is 77.9 Å². The van der Waals surface area contributed by atoms with Crippen molar-refractivity contribution in [2.75, 3.05) is 20.8 Å². The Morgan fingerprint density at radius 2 is 1.79 bits per heavy atom. The minimum absolute atomic E-state index is 0.0829. The number of methoxy groups -OCH3 is 2. The smallest absolute Gasteiger partial charge is 0.343 e. The predicted molar refractivity (Wildman–Crippen MR) is 123 cm³/mol. The van der Waals surface area contributed by atoms with Gasteiger partial charge in [-0.2, -0.15) is 5.10 Å². The molecule has 3 aromatic rings. The van der Waals surface area contributed by atoms with Gasteiger partial charge in [-0.15, -0.1) is 0 Å². The Morgan fingerprint density at radius 1 is 0.971 bits per heavy atom. The van der Waals surface area contributed by atoms with Crippen molar-refractivity contribution < 1.29 is 33.3 Å². The van der Waals surface area contributed by atoms with Gasteiger partial charge in [0, 0.05) is 0 Å². The van der Waals surface area contributed by atoms with Crippen molar-refractivity contribution in [2.24, 2.45) is 5.10 Å². The van der Waals surface area contributed by atoms with E-state index < -0.39 is 18.0 Å². The molecule has 0 aromatic heterocycles. The number of fused-ring (bicyclic) bond motifs is 1. The van der Waals surface area contributed by atoms with Crippen LogP contribution in [0.5, 0.6) is 28.7 Å². The third-order valence-electron chi connectivity index (χ3n) is 4.89. The van der Waals surface area contributed by atoms with Crippen LogP contribution in [0.3, 0.4) is 0 Å². The van der Waals surface area contributed by atoms with Crippen LogP contribution < -0.4 is 29.1 Å². The number of hydrogen-bond donors (Lipinski definition) is 1. The normalized spacial score (nSPS) is 14.4. The Labute approximate surface area is 195 Å². The van der Waals surface area contributed by atoms with Gasteiger partial charge >= 0.3 is 5.97 Å². The minimum Gasteiger partial charge on any atom is -0.497 e. The zero-order chi connectivity index (χ0) is 23.9. The van der Waals surface area contributed by atoms with E-state index in [9.17, 15) is 9.59 Å². The summed E-state index contributed by atoms with van der Waals surface area (Å²) in [6.45, 7) is 0.0829. The Balaban J connectivity index is 1.37. The number of hydrazone groups is 1. The van der Waals surface area contributed by atoms with Crippen LogP contribution in [-0.4, -0.2) is 45.0 Å². The summed E-state index contributed by atoms with van der Waals surface area (Å²) in [5.74, 6) is 1.21. The molecule has 1 unspecified atom stereocenters.